The van der Waals surface area contributed by atoms with Crippen molar-refractivity contribution in [2.24, 2.45) is 5.73 Å². The predicted molar refractivity (Wildman–Crippen MR) is 88.5 cm³/mol. The third kappa shape index (κ3) is 3.10. The van der Waals surface area contributed by atoms with Gasteiger partial charge in [0, 0.05) is 24.8 Å². The van der Waals surface area contributed by atoms with E-state index in [1.54, 1.807) is 0 Å². The van der Waals surface area contributed by atoms with Crippen LogP contribution in [0.5, 0.6) is 0 Å². The van der Waals surface area contributed by atoms with Crippen LogP contribution in [0.4, 0.5) is 5.82 Å². The minimum absolute atomic E-state index is 0.407. The summed E-state index contributed by atoms with van der Waals surface area (Å²) in [5.41, 5.74) is 9.00. The molecule has 2 heterocycles. The second-order valence-corrected chi connectivity index (χ2v) is 6.24. The number of nitrogens with two attached hydrogens (primary N) is 1. The molecule has 2 N–H and O–H groups in total. The number of anilines is 1. The van der Waals surface area contributed by atoms with Gasteiger partial charge < -0.3 is 15.5 Å². The highest BCUT2D eigenvalue weighted by Crippen LogP contribution is 2.26. The van der Waals surface area contributed by atoms with Gasteiger partial charge in [0.05, 0.1) is 5.56 Å². The molecule has 1 fully saturated rings. The summed E-state index contributed by atoms with van der Waals surface area (Å²) < 4.78 is 0. The average Bonchev–Trinajstić information content (AvgIpc) is 2.48. The van der Waals surface area contributed by atoms with E-state index in [-0.39, 0.29) is 0 Å². The zero-order valence-electron chi connectivity index (χ0n) is 12.8. The predicted octanol–water partition coefficient (Wildman–Crippen LogP) is 1.86. The van der Waals surface area contributed by atoms with Gasteiger partial charge in [-0.25, -0.2) is 4.98 Å². The Bertz CT molecular complexity index is 515. The lowest BCUT2D eigenvalue weighted by Crippen LogP contribution is -2.39. The van der Waals surface area contributed by atoms with Crippen molar-refractivity contribution in [3.63, 3.8) is 0 Å². The van der Waals surface area contributed by atoms with Gasteiger partial charge in [-0.05, 0) is 52.4 Å². The van der Waals surface area contributed by atoms with E-state index in [0.29, 0.717) is 11.0 Å². The van der Waals surface area contributed by atoms with E-state index in [1.807, 2.05) is 13.0 Å². The van der Waals surface area contributed by atoms with E-state index in [1.165, 1.54) is 0 Å². The highest BCUT2D eigenvalue weighted by molar-refractivity contribution is 7.80. The van der Waals surface area contributed by atoms with Gasteiger partial charge in [-0.3, -0.25) is 0 Å². The Hall–Kier alpha value is -1.20. The van der Waals surface area contributed by atoms with Gasteiger partial charge in [-0.1, -0.05) is 12.2 Å². The van der Waals surface area contributed by atoms with Crippen molar-refractivity contribution in [2.45, 2.75) is 33.2 Å². The zero-order chi connectivity index (χ0) is 14.9. The Kier molecular flexibility index (Phi) is 4.60. The maximum Gasteiger partial charge on any atom is 0.139 e. The average molecular weight is 292 g/mol. The number of pyridine rings is 1. The molecule has 0 aromatic carbocycles. The highest BCUT2D eigenvalue weighted by Gasteiger charge is 2.24. The molecule has 0 spiro atoms. The van der Waals surface area contributed by atoms with Crippen LogP contribution in [0.15, 0.2) is 6.07 Å². The van der Waals surface area contributed by atoms with Crippen molar-refractivity contribution in [1.82, 2.24) is 9.88 Å². The van der Waals surface area contributed by atoms with Crippen LogP contribution in [0.2, 0.25) is 0 Å². The van der Waals surface area contributed by atoms with Crippen molar-refractivity contribution in [2.75, 3.05) is 31.6 Å². The molecule has 110 valence electrons. The van der Waals surface area contributed by atoms with Crippen LogP contribution in [-0.2, 0) is 0 Å². The standard InChI is InChI=1S/C15H24N4S/c1-10-8-11(2)17-15(13(10)14(16)20)19-7-5-6-18(4)9-12(19)3/h8,12H,5-7,9H2,1-4H3,(H2,16,20). The van der Waals surface area contributed by atoms with Crippen LogP contribution in [0, 0.1) is 13.8 Å². The molecule has 1 saturated heterocycles. The van der Waals surface area contributed by atoms with Crippen molar-refractivity contribution >= 4 is 23.0 Å². The van der Waals surface area contributed by atoms with Crippen molar-refractivity contribution < 1.29 is 0 Å². The van der Waals surface area contributed by atoms with Gasteiger partial charge in [0.2, 0.25) is 0 Å². The first-order valence-corrected chi connectivity index (χ1v) is 7.54. The molecule has 5 heteroatoms. The van der Waals surface area contributed by atoms with E-state index in [2.05, 4.69) is 30.7 Å². The monoisotopic (exact) mass is 292 g/mol. The molecule has 20 heavy (non-hydrogen) atoms. The largest absolute Gasteiger partial charge is 0.389 e. The molecule has 1 unspecified atom stereocenters. The normalized spacial score (nSPS) is 20.8. The van der Waals surface area contributed by atoms with Crippen LogP contribution in [0.25, 0.3) is 0 Å². The second-order valence-electron chi connectivity index (χ2n) is 5.80. The fourth-order valence-corrected chi connectivity index (χ4v) is 3.27. The number of hydrogen-bond acceptors (Lipinski definition) is 4. The molecule has 1 aromatic rings. The summed E-state index contributed by atoms with van der Waals surface area (Å²) >= 11 is 5.25. The van der Waals surface area contributed by atoms with E-state index in [0.717, 1.165) is 48.7 Å². The van der Waals surface area contributed by atoms with Gasteiger partial charge >= 0.3 is 0 Å². The molecule has 0 amide bonds. The lowest BCUT2D eigenvalue weighted by molar-refractivity contribution is 0.337. The van der Waals surface area contributed by atoms with Gasteiger partial charge in [0.25, 0.3) is 0 Å². The summed E-state index contributed by atoms with van der Waals surface area (Å²) in [5.74, 6) is 0.956. The number of likely N-dealkylation sites (N-methyl/N-ethyl adjacent to an activating group) is 1. The zero-order valence-corrected chi connectivity index (χ0v) is 13.6. The SMILES string of the molecule is Cc1cc(C)c(C(N)=S)c(N2CCCN(C)CC2C)n1. The Labute approximate surface area is 127 Å². The number of aryl methyl sites for hydroxylation is 2. The second kappa shape index (κ2) is 6.06. The van der Waals surface area contributed by atoms with Crippen molar-refractivity contribution in [3.05, 3.63) is 22.9 Å². The number of aromatic nitrogens is 1. The fourth-order valence-electron chi connectivity index (χ4n) is 3.02. The van der Waals surface area contributed by atoms with Crippen LogP contribution in [0.1, 0.15) is 30.2 Å². The maximum absolute atomic E-state index is 5.94. The van der Waals surface area contributed by atoms with Crippen LogP contribution < -0.4 is 10.6 Å². The van der Waals surface area contributed by atoms with Crippen molar-refractivity contribution in [1.29, 1.82) is 0 Å². The Balaban J connectivity index is 2.47. The highest BCUT2D eigenvalue weighted by atomic mass is 32.1. The molecular weight excluding hydrogens is 268 g/mol. The van der Waals surface area contributed by atoms with Crippen LogP contribution >= 0.6 is 12.2 Å². The summed E-state index contributed by atoms with van der Waals surface area (Å²) in [4.78, 5) is 9.90. The van der Waals surface area contributed by atoms with Crippen LogP contribution in [-0.4, -0.2) is 47.6 Å². The van der Waals surface area contributed by atoms with Crippen molar-refractivity contribution in [3.8, 4) is 0 Å². The Morgan fingerprint density at radius 3 is 2.75 bits per heavy atom. The first-order valence-electron chi connectivity index (χ1n) is 7.13. The molecule has 1 atom stereocenters. The van der Waals surface area contributed by atoms with E-state index < -0.39 is 0 Å². The molecule has 2 rings (SSSR count). The number of nitrogens with zero attached hydrogens (tertiary/aromatic N) is 3. The first-order chi connectivity index (χ1) is 9.40. The van der Waals surface area contributed by atoms with Gasteiger partial charge in [-0.15, -0.1) is 0 Å². The molecule has 0 aliphatic carbocycles. The number of thiocarbonyl (C=S) groups is 1. The minimum atomic E-state index is 0.407. The molecule has 0 bridgehead atoms. The lowest BCUT2D eigenvalue weighted by Gasteiger charge is -2.31. The molecular formula is C15H24N4S. The molecule has 1 aromatic heterocycles. The fraction of sp³-hybridized carbons (Fsp3) is 0.600. The van der Waals surface area contributed by atoms with Gasteiger partial charge in [-0.2, -0.15) is 0 Å². The molecule has 1 aliphatic heterocycles. The quantitative estimate of drug-likeness (QED) is 0.843. The molecule has 1 aliphatic rings. The molecule has 4 nitrogen and oxygen atoms in total. The first kappa shape index (κ1) is 15.2. The Morgan fingerprint density at radius 1 is 1.40 bits per heavy atom. The number of hydrogen-bond donors (Lipinski definition) is 1. The smallest absolute Gasteiger partial charge is 0.139 e. The van der Waals surface area contributed by atoms with Crippen LogP contribution in [0.3, 0.4) is 0 Å². The number of rotatable bonds is 2. The topological polar surface area (TPSA) is 45.4 Å². The summed E-state index contributed by atoms with van der Waals surface area (Å²) in [6.45, 7) is 9.47. The van der Waals surface area contributed by atoms with E-state index in [4.69, 9.17) is 22.9 Å². The lowest BCUT2D eigenvalue weighted by atomic mass is 10.1. The van der Waals surface area contributed by atoms with Gasteiger partial charge in [0.1, 0.15) is 10.8 Å². The molecule has 0 saturated carbocycles. The van der Waals surface area contributed by atoms with Gasteiger partial charge in [0.15, 0.2) is 0 Å². The minimum Gasteiger partial charge on any atom is -0.389 e. The summed E-state index contributed by atoms with van der Waals surface area (Å²) in [7, 11) is 2.17. The van der Waals surface area contributed by atoms with E-state index in [9.17, 15) is 0 Å². The Morgan fingerprint density at radius 2 is 2.10 bits per heavy atom. The molecule has 0 radical (unpaired) electrons. The third-order valence-electron chi connectivity index (χ3n) is 3.89. The third-order valence-corrected chi connectivity index (χ3v) is 4.09. The summed E-state index contributed by atoms with van der Waals surface area (Å²) in [6, 6.07) is 2.45. The maximum atomic E-state index is 5.94. The summed E-state index contributed by atoms with van der Waals surface area (Å²) in [5, 5.41) is 0. The summed E-state index contributed by atoms with van der Waals surface area (Å²) in [6.07, 6.45) is 1.13. The van der Waals surface area contributed by atoms with E-state index >= 15 is 0 Å².